The third-order valence-electron chi connectivity index (χ3n) is 2.17. The fourth-order valence-electron chi connectivity index (χ4n) is 1.36. The normalized spacial score (nSPS) is 11.7. The number of nitrogens with zero attached hydrogens (tertiary/aromatic N) is 1. The van der Waals surface area contributed by atoms with Crippen LogP contribution < -0.4 is 5.32 Å². The summed E-state index contributed by atoms with van der Waals surface area (Å²) in [5, 5.41) is 3.42. The second-order valence-electron chi connectivity index (χ2n) is 4.18. The van der Waals surface area contributed by atoms with Gasteiger partial charge in [0.25, 0.3) is 0 Å². The fraction of sp³-hybridized carbons (Fsp3) is 0.636. The molecule has 1 heterocycles. The molecule has 0 spiro atoms. The molecule has 1 aromatic heterocycles. The molecular weight excluding hydrogens is 352 g/mol. The smallest absolute Gasteiger partial charge is 0.0843 e. The summed E-state index contributed by atoms with van der Waals surface area (Å²) in [6.07, 6.45) is 0. The Balaban J connectivity index is 2.31. The monoisotopic (exact) mass is 368 g/mol. The number of halogens is 2. The summed E-state index contributed by atoms with van der Waals surface area (Å²) < 4.78 is 2.33. The van der Waals surface area contributed by atoms with E-state index in [-0.39, 0.29) is 0 Å². The predicted octanol–water partition coefficient (Wildman–Crippen LogP) is 3.70. The van der Waals surface area contributed by atoms with Gasteiger partial charge in [-0.05, 0) is 45.0 Å². The molecule has 1 aromatic rings. The molecule has 0 aliphatic heterocycles. The van der Waals surface area contributed by atoms with Crippen molar-refractivity contribution in [1.82, 2.24) is 10.2 Å². The van der Waals surface area contributed by atoms with Gasteiger partial charge in [0, 0.05) is 35.0 Å². The van der Waals surface area contributed by atoms with Crippen molar-refractivity contribution in [3.05, 3.63) is 19.2 Å². The minimum absolute atomic E-state index is 0.568. The van der Waals surface area contributed by atoms with Gasteiger partial charge in [-0.25, -0.2) is 0 Å². The van der Waals surface area contributed by atoms with Crippen LogP contribution in [0.2, 0.25) is 0 Å². The van der Waals surface area contributed by atoms with E-state index in [9.17, 15) is 0 Å². The zero-order valence-corrected chi connectivity index (χ0v) is 13.9. The lowest BCUT2D eigenvalue weighted by Crippen LogP contribution is -2.32. The Hall–Kier alpha value is 0.580. The van der Waals surface area contributed by atoms with Gasteiger partial charge in [-0.2, -0.15) is 0 Å². The Morgan fingerprint density at radius 3 is 2.62 bits per heavy atom. The molecule has 5 heteroatoms. The minimum Gasteiger partial charge on any atom is -0.313 e. The molecule has 2 nitrogen and oxygen atoms in total. The van der Waals surface area contributed by atoms with E-state index in [1.54, 1.807) is 11.3 Å². The van der Waals surface area contributed by atoms with Crippen molar-refractivity contribution >= 4 is 43.2 Å². The Kier molecular flexibility index (Phi) is 6.51. The average molecular weight is 370 g/mol. The molecule has 0 unspecified atom stereocenters. The second-order valence-corrected chi connectivity index (χ2v) is 7.49. The van der Waals surface area contributed by atoms with Crippen molar-refractivity contribution in [2.45, 2.75) is 26.4 Å². The van der Waals surface area contributed by atoms with E-state index in [0.29, 0.717) is 6.04 Å². The maximum absolute atomic E-state index is 3.52. The van der Waals surface area contributed by atoms with Crippen LogP contribution in [0.15, 0.2) is 14.3 Å². The fourth-order valence-corrected chi connectivity index (χ4v) is 3.62. The van der Waals surface area contributed by atoms with E-state index < -0.39 is 0 Å². The molecule has 0 saturated carbocycles. The van der Waals surface area contributed by atoms with Gasteiger partial charge in [0.2, 0.25) is 0 Å². The maximum atomic E-state index is 3.52. The molecule has 1 N–H and O–H groups in total. The van der Waals surface area contributed by atoms with Crippen molar-refractivity contribution in [2.75, 3.05) is 20.1 Å². The van der Waals surface area contributed by atoms with Gasteiger partial charge in [-0.15, -0.1) is 11.3 Å². The molecule has 0 amide bonds. The van der Waals surface area contributed by atoms with Crippen molar-refractivity contribution in [2.24, 2.45) is 0 Å². The number of thiophene rings is 1. The molecule has 0 aliphatic carbocycles. The number of hydrogen-bond acceptors (Lipinski definition) is 3. The summed E-state index contributed by atoms with van der Waals surface area (Å²) in [5.74, 6) is 0. The van der Waals surface area contributed by atoms with Gasteiger partial charge in [0.1, 0.15) is 0 Å². The number of likely N-dealkylation sites (N-methyl/N-ethyl adjacent to an activating group) is 1. The summed E-state index contributed by atoms with van der Waals surface area (Å²) in [7, 11) is 2.16. The summed E-state index contributed by atoms with van der Waals surface area (Å²) in [4.78, 5) is 3.71. The highest BCUT2D eigenvalue weighted by atomic mass is 79.9. The van der Waals surface area contributed by atoms with Crippen LogP contribution in [0.3, 0.4) is 0 Å². The second kappa shape index (κ2) is 7.11. The maximum Gasteiger partial charge on any atom is 0.0843 e. The van der Waals surface area contributed by atoms with E-state index in [2.05, 4.69) is 69.0 Å². The van der Waals surface area contributed by atoms with Crippen molar-refractivity contribution in [3.8, 4) is 0 Å². The quantitative estimate of drug-likeness (QED) is 0.822. The van der Waals surface area contributed by atoms with Gasteiger partial charge >= 0.3 is 0 Å². The first-order valence-electron chi connectivity index (χ1n) is 5.34. The molecule has 0 radical (unpaired) electrons. The first-order chi connectivity index (χ1) is 7.49. The Labute approximate surface area is 119 Å². The van der Waals surface area contributed by atoms with E-state index in [1.807, 2.05) is 0 Å². The van der Waals surface area contributed by atoms with Crippen LogP contribution in [-0.2, 0) is 6.54 Å². The highest BCUT2D eigenvalue weighted by Crippen LogP contribution is 2.32. The standard InChI is InChI=1S/C11H18Br2N2S/c1-8(2)14-4-5-15(3)7-9-6-10(12)11(13)16-9/h6,8,14H,4-5,7H2,1-3H3. The van der Waals surface area contributed by atoms with Crippen molar-refractivity contribution in [3.63, 3.8) is 0 Å². The minimum atomic E-state index is 0.568. The molecule has 0 bridgehead atoms. The van der Waals surface area contributed by atoms with Crippen LogP contribution in [0.5, 0.6) is 0 Å². The van der Waals surface area contributed by atoms with Gasteiger partial charge in [-0.1, -0.05) is 13.8 Å². The van der Waals surface area contributed by atoms with Crippen molar-refractivity contribution < 1.29 is 0 Å². The van der Waals surface area contributed by atoms with Crippen LogP contribution in [0.4, 0.5) is 0 Å². The summed E-state index contributed by atoms with van der Waals surface area (Å²) >= 11 is 8.82. The molecule has 92 valence electrons. The highest BCUT2D eigenvalue weighted by Gasteiger charge is 2.06. The zero-order valence-electron chi connectivity index (χ0n) is 9.89. The number of hydrogen-bond donors (Lipinski definition) is 1. The molecular formula is C11H18Br2N2S. The SMILES string of the molecule is CC(C)NCCN(C)Cc1cc(Br)c(Br)s1. The highest BCUT2D eigenvalue weighted by molar-refractivity contribution is 9.13. The van der Waals surface area contributed by atoms with Crippen LogP contribution in [0.1, 0.15) is 18.7 Å². The van der Waals surface area contributed by atoms with Gasteiger partial charge in [0.05, 0.1) is 3.79 Å². The number of rotatable bonds is 6. The lowest BCUT2D eigenvalue weighted by atomic mass is 10.4. The molecule has 0 aromatic carbocycles. The molecule has 0 aliphatic rings. The van der Waals surface area contributed by atoms with Crippen LogP contribution >= 0.6 is 43.2 Å². The van der Waals surface area contributed by atoms with E-state index in [0.717, 1.165) is 24.1 Å². The third kappa shape index (κ3) is 5.27. The molecule has 0 atom stereocenters. The van der Waals surface area contributed by atoms with E-state index >= 15 is 0 Å². The van der Waals surface area contributed by atoms with Crippen LogP contribution in [-0.4, -0.2) is 31.1 Å². The van der Waals surface area contributed by atoms with Gasteiger partial charge in [-0.3, -0.25) is 0 Å². The van der Waals surface area contributed by atoms with Crippen molar-refractivity contribution in [1.29, 1.82) is 0 Å². The van der Waals surface area contributed by atoms with Gasteiger partial charge < -0.3 is 10.2 Å². The Morgan fingerprint density at radius 1 is 1.44 bits per heavy atom. The zero-order chi connectivity index (χ0) is 12.1. The first kappa shape index (κ1) is 14.6. The lowest BCUT2D eigenvalue weighted by molar-refractivity contribution is 0.322. The molecule has 0 fully saturated rings. The third-order valence-corrected chi connectivity index (χ3v) is 5.41. The summed E-state index contributed by atoms with van der Waals surface area (Å²) in [5.41, 5.74) is 0. The van der Waals surface area contributed by atoms with Gasteiger partial charge in [0.15, 0.2) is 0 Å². The Morgan fingerprint density at radius 2 is 2.12 bits per heavy atom. The topological polar surface area (TPSA) is 15.3 Å². The molecule has 16 heavy (non-hydrogen) atoms. The van der Waals surface area contributed by atoms with E-state index in [1.165, 1.54) is 8.66 Å². The predicted molar refractivity (Wildman–Crippen MR) is 79.2 cm³/mol. The summed E-state index contributed by atoms with van der Waals surface area (Å²) in [6.45, 7) is 7.48. The number of nitrogens with one attached hydrogen (secondary N) is 1. The van der Waals surface area contributed by atoms with Crippen LogP contribution in [0, 0.1) is 0 Å². The van der Waals surface area contributed by atoms with Crippen LogP contribution in [0.25, 0.3) is 0 Å². The Bertz CT molecular complexity index is 306. The first-order valence-corrected chi connectivity index (χ1v) is 7.75. The summed E-state index contributed by atoms with van der Waals surface area (Å²) in [6, 6.07) is 2.75. The van der Waals surface area contributed by atoms with E-state index in [4.69, 9.17) is 0 Å². The molecule has 1 rings (SSSR count). The average Bonchev–Trinajstić information content (AvgIpc) is 2.44. The molecule has 0 saturated heterocycles. The lowest BCUT2D eigenvalue weighted by Gasteiger charge is -2.17. The largest absolute Gasteiger partial charge is 0.313 e.